The van der Waals surface area contributed by atoms with E-state index in [4.69, 9.17) is 0 Å². The number of nitro groups is 5. The molecule has 0 fully saturated rings. The van der Waals surface area contributed by atoms with E-state index < -0.39 is 55.6 Å². The molecule has 18 nitrogen and oxygen atoms in total. The molecule has 0 bridgehead atoms. The summed E-state index contributed by atoms with van der Waals surface area (Å²) >= 11 is 0. The lowest BCUT2D eigenvalue weighted by Crippen LogP contribution is -2.58. The molecule has 0 saturated carbocycles. The summed E-state index contributed by atoms with van der Waals surface area (Å²) in [6, 6.07) is 0. The van der Waals surface area contributed by atoms with E-state index in [1.807, 2.05) is 0 Å². The Hall–Kier alpha value is -3.80. The van der Waals surface area contributed by atoms with Gasteiger partial charge in [-0.05, 0) is 0 Å². The summed E-state index contributed by atoms with van der Waals surface area (Å²) < 4.78 is 17.0. The van der Waals surface area contributed by atoms with Crippen molar-refractivity contribution in [1.82, 2.24) is 5.32 Å². The van der Waals surface area contributed by atoms with Gasteiger partial charge in [0.25, 0.3) is 0 Å². The number of carbonyl (C=O) groups excluding carboxylic acids is 1. The van der Waals surface area contributed by atoms with Crippen LogP contribution in [-0.2, 0) is 4.74 Å². The van der Waals surface area contributed by atoms with Gasteiger partial charge in [-0.1, -0.05) is 4.39 Å². The van der Waals surface area contributed by atoms with Crippen LogP contribution < -0.4 is 5.32 Å². The number of alkyl carbamates (subject to hydrolysis) is 1. The van der Waals surface area contributed by atoms with E-state index >= 15 is 0 Å². The van der Waals surface area contributed by atoms with Crippen molar-refractivity contribution in [2.24, 2.45) is 0 Å². The zero-order chi connectivity index (χ0) is 19.3. The van der Waals surface area contributed by atoms with Crippen LogP contribution in [0, 0.1) is 50.6 Å². The fraction of sp³-hybridized carbons (Fsp3) is 0.800. The van der Waals surface area contributed by atoms with Crippen LogP contribution in [0.5, 0.6) is 0 Å². The third-order valence-corrected chi connectivity index (χ3v) is 2.29. The molecular weight excluding hydrogens is 355 g/mol. The minimum atomic E-state index is -4.38. The minimum Gasteiger partial charge on any atom is -0.424 e. The van der Waals surface area contributed by atoms with Crippen LogP contribution in [0.25, 0.3) is 0 Å². The molecule has 0 radical (unpaired) electrons. The first-order chi connectivity index (χ1) is 10.8. The van der Waals surface area contributed by atoms with E-state index in [1.165, 1.54) is 0 Å². The van der Waals surface area contributed by atoms with Crippen molar-refractivity contribution in [2.75, 3.05) is 13.2 Å². The quantitative estimate of drug-likeness (QED) is 0.210. The molecule has 0 aliphatic rings. The van der Waals surface area contributed by atoms with Gasteiger partial charge in [-0.2, -0.15) is 0 Å². The van der Waals surface area contributed by atoms with E-state index in [9.17, 15) is 59.8 Å². The second-order valence-corrected chi connectivity index (χ2v) is 3.71. The molecule has 0 aromatic heterocycles. The molecule has 0 unspecified atom stereocenters. The second-order valence-electron chi connectivity index (χ2n) is 3.71. The van der Waals surface area contributed by atoms with Crippen LogP contribution >= 0.6 is 0 Å². The number of hydrogen-bond acceptors (Lipinski definition) is 12. The molecule has 0 heterocycles. The van der Waals surface area contributed by atoms with E-state index in [0.29, 0.717) is 0 Å². The highest BCUT2D eigenvalue weighted by Gasteiger charge is 2.72. The topological polar surface area (TPSA) is 254 Å². The maximum atomic E-state index is 13.3. The molecule has 0 aliphatic heterocycles. The molecule has 134 valence electrons. The van der Waals surface area contributed by atoms with Gasteiger partial charge in [-0.25, -0.2) is 4.79 Å². The molecule has 0 atom stereocenters. The molecule has 19 heteroatoms. The number of rotatable bonds is 9. The van der Waals surface area contributed by atoms with Crippen molar-refractivity contribution >= 4 is 6.09 Å². The lowest BCUT2D eigenvalue weighted by atomic mass is 10.4. The van der Waals surface area contributed by atoms with E-state index in [0.717, 1.165) is 5.32 Å². The smallest absolute Gasteiger partial charge is 0.424 e. The zero-order valence-corrected chi connectivity index (χ0v) is 10.9. The molecule has 0 saturated heterocycles. The highest BCUT2D eigenvalue weighted by molar-refractivity contribution is 5.67. The Labute approximate surface area is 126 Å². The van der Waals surface area contributed by atoms with E-state index in [2.05, 4.69) is 4.74 Å². The molecule has 0 aliphatic carbocycles. The Morgan fingerprint density at radius 1 is 0.875 bits per heavy atom. The van der Waals surface area contributed by atoms with Crippen LogP contribution in [0.3, 0.4) is 0 Å². The largest absolute Gasteiger partial charge is 0.734 e. The fourth-order valence-electron chi connectivity index (χ4n) is 0.952. The van der Waals surface area contributed by atoms with Gasteiger partial charge in [0.2, 0.25) is 6.54 Å². The standard InChI is InChI=1S/C5H5FN6O12/c6-4(8(14)15,9(16)17)1-7-3(13)24-2-5(10(18)19,11(20)21)12(22)23/h1-2H2,(H,7,13). The van der Waals surface area contributed by atoms with Gasteiger partial charge >= 0.3 is 24.4 Å². The summed E-state index contributed by atoms with van der Waals surface area (Å²) in [5, 5.41) is 52.9. The van der Waals surface area contributed by atoms with E-state index in [-0.39, 0.29) is 0 Å². The summed E-state index contributed by atoms with van der Waals surface area (Å²) in [5.74, 6) is -8.57. The number of hydrogen-bond donors (Lipinski definition) is 1. The average Bonchev–Trinajstić information content (AvgIpc) is 2.43. The summed E-state index contributed by atoms with van der Waals surface area (Å²) in [7, 11) is 0. The van der Waals surface area contributed by atoms with Crippen molar-refractivity contribution in [2.45, 2.75) is 11.7 Å². The van der Waals surface area contributed by atoms with Gasteiger partial charge in [0.1, 0.15) is 9.85 Å². The number of amides is 1. The maximum Gasteiger partial charge on any atom is 0.734 e. The van der Waals surface area contributed by atoms with E-state index in [1.54, 1.807) is 0 Å². The number of alkyl halides is 1. The maximum absolute atomic E-state index is 13.3. The van der Waals surface area contributed by atoms with Crippen LogP contribution in [-0.4, -0.2) is 55.6 Å². The van der Waals surface area contributed by atoms with Crippen molar-refractivity contribution in [3.63, 3.8) is 0 Å². The average molecular weight is 360 g/mol. The third kappa shape index (κ3) is 3.69. The Morgan fingerprint density at radius 2 is 1.25 bits per heavy atom. The molecule has 0 aromatic rings. The van der Waals surface area contributed by atoms with Crippen molar-refractivity contribution in [3.05, 3.63) is 50.6 Å². The predicted molar refractivity (Wildman–Crippen MR) is 60.9 cm³/mol. The Morgan fingerprint density at radius 3 is 1.54 bits per heavy atom. The first-order valence-corrected chi connectivity index (χ1v) is 5.14. The Kier molecular flexibility index (Phi) is 5.87. The van der Waals surface area contributed by atoms with Crippen LogP contribution in [0.1, 0.15) is 0 Å². The SMILES string of the molecule is O=C(NCC(F)([N+](=O)[O-])[N+](=O)[O-])OCC([N+](=O)[O-])([N+](=O)[O-])[N+](=O)[O-]. The molecule has 24 heavy (non-hydrogen) atoms. The van der Waals surface area contributed by atoms with Crippen LogP contribution in [0.2, 0.25) is 0 Å². The number of ether oxygens (including phenoxy) is 1. The number of halogens is 1. The van der Waals surface area contributed by atoms with Crippen molar-refractivity contribution in [3.8, 4) is 0 Å². The Balaban J connectivity index is 5.05. The predicted octanol–water partition coefficient (Wildman–Crippen LogP) is -1.63. The molecule has 1 amide bonds. The molecule has 1 N–H and O–H groups in total. The van der Waals surface area contributed by atoms with Crippen molar-refractivity contribution in [1.29, 1.82) is 0 Å². The number of nitrogens with zero attached hydrogens (tertiary/aromatic N) is 5. The second kappa shape index (κ2) is 6.97. The number of carbonyl (C=O) groups is 1. The third-order valence-electron chi connectivity index (χ3n) is 2.29. The minimum absolute atomic E-state index is 1.09. The molecule has 0 spiro atoms. The van der Waals surface area contributed by atoms with Crippen LogP contribution in [0.15, 0.2) is 0 Å². The fourth-order valence-corrected chi connectivity index (χ4v) is 0.952. The summed E-state index contributed by atoms with van der Waals surface area (Å²) in [6.45, 7) is -4.00. The molecule has 0 aromatic carbocycles. The van der Waals surface area contributed by atoms with Gasteiger partial charge < -0.3 is 10.1 Å². The normalized spacial score (nSPS) is 11.2. The molecular formula is C5H5FN6O12. The first kappa shape index (κ1) is 20.2. The van der Waals surface area contributed by atoms with Gasteiger partial charge in [0, 0.05) is 0 Å². The number of nitrogens with one attached hydrogen (secondary N) is 1. The zero-order valence-electron chi connectivity index (χ0n) is 10.9. The molecule has 0 rings (SSSR count). The van der Waals surface area contributed by atoms with Crippen molar-refractivity contribution < 1.29 is 38.5 Å². The van der Waals surface area contributed by atoms with Gasteiger partial charge in [0.15, 0.2) is 14.8 Å². The van der Waals surface area contributed by atoms with Gasteiger partial charge in [-0.15, -0.1) is 0 Å². The first-order valence-electron chi connectivity index (χ1n) is 5.14. The lowest BCUT2D eigenvalue weighted by molar-refractivity contribution is -0.970. The van der Waals surface area contributed by atoms with Gasteiger partial charge in [0.05, 0.1) is 0 Å². The summed E-state index contributed by atoms with van der Waals surface area (Å²) in [6.07, 6.45) is -2.05. The summed E-state index contributed by atoms with van der Waals surface area (Å²) in [4.78, 5) is 52.8. The van der Waals surface area contributed by atoms with Crippen LogP contribution in [0.4, 0.5) is 9.18 Å². The highest BCUT2D eigenvalue weighted by atomic mass is 19.2. The Bertz CT molecular complexity index is 555. The summed E-state index contributed by atoms with van der Waals surface area (Å²) in [5.41, 5.74) is 0. The monoisotopic (exact) mass is 360 g/mol. The highest BCUT2D eigenvalue weighted by Crippen LogP contribution is 2.14. The van der Waals surface area contributed by atoms with Gasteiger partial charge in [-0.3, -0.25) is 50.6 Å². The lowest BCUT2D eigenvalue weighted by Gasteiger charge is -2.11.